The van der Waals surface area contributed by atoms with Crippen molar-refractivity contribution < 1.29 is 12.8 Å². The third-order valence-electron chi connectivity index (χ3n) is 4.35. The third kappa shape index (κ3) is 3.57. The summed E-state index contributed by atoms with van der Waals surface area (Å²) in [6.45, 7) is 6.47. The van der Waals surface area contributed by atoms with Crippen molar-refractivity contribution in [1.29, 1.82) is 0 Å². The molecule has 2 heterocycles. The first kappa shape index (κ1) is 19.0. The second-order valence-electron chi connectivity index (χ2n) is 6.30. The first-order chi connectivity index (χ1) is 12.7. The van der Waals surface area contributed by atoms with Gasteiger partial charge in [-0.15, -0.1) is 0 Å². The van der Waals surface area contributed by atoms with Gasteiger partial charge in [0.1, 0.15) is 10.8 Å². The Morgan fingerprint density at radius 3 is 2.44 bits per heavy atom. The van der Waals surface area contributed by atoms with E-state index >= 15 is 0 Å². The van der Waals surface area contributed by atoms with E-state index in [1.807, 2.05) is 0 Å². The number of sulfone groups is 1. The van der Waals surface area contributed by atoms with E-state index in [1.54, 1.807) is 28.4 Å². The zero-order chi connectivity index (χ0) is 19.8. The largest absolute Gasteiger partial charge is 0.280 e. The molecular formula is C19H20FN3O3S. The number of nitrogens with zero attached hydrogens (tertiary/aromatic N) is 3. The minimum Gasteiger partial charge on any atom is -0.280 e. The Balaban J connectivity index is 2.32. The fraction of sp³-hybridized carbons (Fsp3) is 0.263. The maximum Gasteiger partial charge on any atom is 0.275 e. The van der Waals surface area contributed by atoms with Crippen LogP contribution in [0.3, 0.4) is 0 Å². The predicted octanol–water partition coefficient (Wildman–Crippen LogP) is 2.74. The molecule has 1 aliphatic rings. The Morgan fingerprint density at radius 2 is 1.85 bits per heavy atom. The van der Waals surface area contributed by atoms with Gasteiger partial charge >= 0.3 is 0 Å². The topological polar surface area (TPSA) is 73.4 Å². The summed E-state index contributed by atoms with van der Waals surface area (Å²) in [6, 6.07) is 5.64. The Labute approximate surface area is 156 Å². The highest BCUT2D eigenvalue weighted by Crippen LogP contribution is 2.26. The van der Waals surface area contributed by atoms with Gasteiger partial charge in [-0.2, -0.15) is 0 Å². The predicted molar refractivity (Wildman–Crippen MR) is 104 cm³/mol. The number of rotatable bonds is 5. The van der Waals surface area contributed by atoms with E-state index in [9.17, 15) is 17.6 Å². The molecule has 1 aromatic heterocycles. The highest BCUT2D eigenvalue weighted by molar-refractivity contribution is 7.94. The van der Waals surface area contributed by atoms with Crippen LogP contribution in [0, 0.1) is 5.82 Å². The van der Waals surface area contributed by atoms with E-state index in [-0.39, 0.29) is 10.6 Å². The number of benzene rings is 1. The molecule has 8 heteroatoms. The van der Waals surface area contributed by atoms with Crippen LogP contribution in [0.5, 0.6) is 0 Å². The molecule has 0 atom stereocenters. The van der Waals surface area contributed by atoms with Crippen LogP contribution >= 0.6 is 0 Å². The van der Waals surface area contributed by atoms with Crippen LogP contribution in [0.4, 0.5) is 4.39 Å². The van der Waals surface area contributed by atoms with Crippen LogP contribution in [0.25, 0.3) is 11.1 Å². The maximum absolute atomic E-state index is 13.3. The van der Waals surface area contributed by atoms with Gasteiger partial charge in [0.25, 0.3) is 5.56 Å². The van der Waals surface area contributed by atoms with E-state index in [2.05, 4.69) is 11.6 Å². The lowest BCUT2D eigenvalue weighted by molar-refractivity contribution is 0.591. The fourth-order valence-corrected chi connectivity index (χ4v) is 3.36. The molecule has 0 amide bonds. The molecule has 0 saturated carbocycles. The monoisotopic (exact) mass is 389 g/mol. The molecule has 0 saturated heterocycles. The van der Waals surface area contributed by atoms with E-state index in [4.69, 9.17) is 0 Å². The molecule has 0 unspecified atom stereocenters. The van der Waals surface area contributed by atoms with Crippen LogP contribution in [-0.2, 0) is 22.9 Å². The molecule has 6 nitrogen and oxygen atoms in total. The molecule has 1 aromatic carbocycles. The summed E-state index contributed by atoms with van der Waals surface area (Å²) in [6.07, 6.45) is 5.18. The molecular weight excluding hydrogens is 369 g/mol. The first-order valence-corrected chi connectivity index (χ1v) is 10.3. The molecule has 0 radical (unpaired) electrons. The fourth-order valence-electron chi connectivity index (χ4n) is 3.10. The Bertz CT molecular complexity index is 1120. The van der Waals surface area contributed by atoms with Crippen LogP contribution in [0.1, 0.15) is 19.0 Å². The van der Waals surface area contributed by atoms with Gasteiger partial charge in [-0.1, -0.05) is 24.8 Å². The van der Waals surface area contributed by atoms with E-state index in [0.29, 0.717) is 35.6 Å². The van der Waals surface area contributed by atoms with Gasteiger partial charge in [0, 0.05) is 19.3 Å². The minimum atomic E-state index is -3.57. The number of hydrogen-bond donors (Lipinski definition) is 0. The van der Waals surface area contributed by atoms with Gasteiger partial charge in [-0.05, 0) is 37.1 Å². The molecule has 3 rings (SSSR count). The summed E-state index contributed by atoms with van der Waals surface area (Å²) >= 11 is 0. The third-order valence-corrected chi connectivity index (χ3v) is 5.29. The lowest BCUT2D eigenvalue weighted by atomic mass is 10.0. The average Bonchev–Trinajstić information content (AvgIpc) is 3.17. The van der Waals surface area contributed by atoms with Crippen LogP contribution in [-0.4, -0.2) is 29.7 Å². The zero-order valence-electron chi connectivity index (χ0n) is 15.1. The average molecular weight is 389 g/mol. The second kappa shape index (κ2) is 7.11. The molecule has 0 N–H and O–H groups in total. The van der Waals surface area contributed by atoms with Crippen molar-refractivity contribution in [1.82, 2.24) is 9.36 Å². The lowest BCUT2D eigenvalue weighted by Crippen LogP contribution is -2.17. The number of allylic oxidation sites excluding steroid dienone is 2. The van der Waals surface area contributed by atoms with Gasteiger partial charge < -0.3 is 0 Å². The van der Waals surface area contributed by atoms with Crippen LogP contribution in [0.2, 0.25) is 0 Å². The summed E-state index contributed by atoms with van der Waals surface area (Å²) in [5.74, 6) is -0.403. The quantitative estimate of drug-likeness (QED) is 0.738. The zero-order valence-corrected chi connectivity index (χ0v) is 16.0. The summed E-state index contributed by atoms with van der Waals surface area (Å²) in [5.41, 5.74) is 1.54. The summed E-state index contributed by atoms with van der Waals surface area (Å²) < 4.78 is 40.3. The van der Waals surface area contributed by atoms with Crippen molar-refractivity contribution in [3.8, 4) is 11.1 Å². The van der Waals surface area contributed by atoms with Crippen molar-refractivity contribution in [2.75, 3.05) is 6.26 Å². The van der Waals surface area contributed by atoms with E-state index in [1.165, 1.54) is 24.3 Å². The van der Waals surface area contributed by atoms with Crippen LogP contribution < -0.4 is 5.56 Å². The molecule has 0 aliphatic carbocycles. The Kier molecular flexibility index (Phi) is 5.01. The molecule has 0 fully saturated rings. The minimum absolute atomic E-state index is 0.212. The summed E-state index contributed by atoms with van der Waals surface area (Å²) in [7, 11) is -3.57. The van der Waals surface area contributed by atoms with Crippen molar-refractivity contribution in [2.24, 2.45) is 4.99 Å². The molecule has 0 spiro atoms. The molecule has 0 bridgehead atoms. The van der Waals surface area contributed by atoms with Gasteiger partial charge in [0.05, 0.1) is 17.0 Å². The summed E-state index contributed by atoms with van der Waals surface area (Å²) in [5, 5.41) is -0.286. The number of fused-ring (bicyclic) bond motifs is 1. The molecule has 27 heavy (non-hydrogen) atoms. The first-order valence-electron chi connectivity index (χ1n) is 8.44. The van der Waals surface area contributed by atoms with Crippen molar-refractivity contribution >= 4 is 15.5 Å². The standard InChI is InChI=1S/C19H20FN3O3S/c1-4-6-16(21-13(2)27(3,25)26)18-17(14-7-9-15(20)10-8-14)19(24)23-12-5-11-22(18)23/h4,6-10H,2,5,11-12H2,1,3H3/b6-4-,21-16+. The van der Waals surface area contributed by atoms with E-state index < -0.39 is 15.7 Å². The lowest BCUT2D eigenvalue weighted by Gasteiger charge is -2.09. The van der Waals surface area contributed by atoms with Crippen molar-refractivity contribution in [2.45, 2.75) is 26.4 Å². The Morgan fingerprint density at radius 1 is 1.22 bits per heavy atom. The number of aliphatic imine (C=N–C) groups is 1. The number of aromatic nitrogens is 2. The van der Waals surface area contributed by atoms with Gasteiger partial charge in [-0.3, -0.25) is 9.48 Å². The highest BCUT2D eigenvalue weighted by atomic mass is 32.2. The van der Waals surface area contributed by atoms with Crippen LogP contribution in [0.15, 0.2) is 57.8 Å². The summed E-state index contributed by atoms with van der Waals surface area (Å²) in [4.78, 5) is 17.2. The van der Waals surface area contributed by atoms with Crippen molar-refractivity contribution in [3.63, 3.8) is 0 Å². The normalized spacial score (nSPS) is 14.7. The number of halogens is 1. The highest BCUT2D eigenvalue weighted by Gasteiger charge is 2.27. The Hall–Kier alpha value is -2.74. The molecule has 2 aromatic rings. The van der Waals surface area contributed by atoms with Gasteiger partial charge in [0.2, 0.25) is 0 Å². The SMILES string of the molecule is C=C(/N=C(\C=C/C)c1c(-c2ccc(F)cc2)c(=O)n2n1CCC2)S(C)(=O)=O. The van der Waals surface area contributed by atoms with E-state index in [0.717, 1.165) is 12.7 Å². The molecule has 1 aliphatic heterocycles. The van der Waals surface area contributed by atoms with Crippen molar-refractivity contribution in [3.05, 3.63) is 69.9 Å². The number of hydrogen-bond acceptors (Lipinski definition) is 4. The second-order valence-corrected chi connectivity index (χ2v) is 8.31. The van der Waals surface area contributed by atoms with Gasteiger partial charge in [0.15, 0.2) is 9.84 Å². The van der Waals surface area contributed by atoms with Gasteiger partial charge in [-0.25, -0.2) is 22.5 Å². The maximum atomic E-state index is 13.3. The smallest absolute Gasteiger partial charge is 0.275 e. The molecule has 142 valence electrons.